The fourth-order valence-corrected chi connectivity index (χ4v) is 0.461. The molecule has 0 fully saturated rings. The number of ether oxygens (including phenoxy) is 1. The first-order valence-electron chi connectivity index (χ1n) is 4.34. The number of carbonyl (C=O) groups is 1. The van der Waals surface area contributed by atoms with Crippen molar-refractivity contribution in [2.24, 2.45) is 0 Å². The monoisotopic (exact) mass is 259 g/mol. The number of amides is 1. The number of rotatable bonds is 4. The molecule has 0 aromatic rings. The molecule has 0 saturated heterocycles. The summed E-state index contributed by atoms with van der Waals surface area (Å²) in [5, 5.41) is 1.07. The quantitative estimate of drug-likeness (QED) is 0.578. The van der Waals surface area contributed by atoms with Gasteiger partial charge in [0.25, 0.3) is 0 Å². The molecule has 0 aliphatic rings. The fourth-order valence-electron chi connectivity index (χ4n) is 0.461. The van der Waals surface area contributed by atoms with Crippen LogP contribution in [0.5, 0.6) is 0 Å². The van der Waals surface area contributed by atoms with E-state index in [1.54, 1.807) is 13.8 Å². The second kappa shape index (κ2) is 9.33. The maximum absolute atomic E-state index is 10.7. The van der Waals surface area contributed by atoms with E-state index in [1.807, 2.05) is 0 Å². The van der Waals surface area contributed by atoms with Crippen LogP contribution in [-0.2, 0) is 24.2 Å². The fraction of sp³-hybridized carbons (Fsp3) is 0.857. The topological polar surface area (TPSA) is 102 Å². The summed E-state index contributed by atoms with van der Waals surface area (Å²) >= 11 is 0. The molecule has 0 heterocycles. The Morgan fingerprint density at radius 1 is 1.31 bits per heavy atom. The number of nitrogens with zero attached hydrogens (tertiary/aromatic N) is 1. The van der Waals surface area contributed by atoms with Gasteiger partial charge < -0.3 is 4.74 Å². The van der Waals surface area contributed by atoms with E-state index >= 15 is 0 Å². The molecule has 9 heteroatoms. The Balaban J connectivity index is 0. The molecular formula is C7H17NO7S. The Kier molecular flexibility index (Phi) is 10.2. The van der Waals surface area contributed by atoms with Crippen LogP contribution in [0.1, 0.15) is 13.8 Å². The van der Waals surface area contributed by atoms with E-state index < -0.39 is 16.5 Å². The summed E-state index contributed by atoms with van der Waals surface area (Å²) in [5.41, 5.74) is 0. The van der Waals surface area contributed by atoms with E-state index in [9.17, 15) is 13.2 Å². The molecular weight excluding hydrogens is 242 g/mol. The lowest BCUT2D eigenvalue weighted by atomic mass is 10.8. The highest BCUT2D eigenvalue weighted by atomic mass is 32.3. The van der Waals surface area contributed by atoms with Gasteiger partial charge in [-0.25, -0.2) is 4.79 Å². The largest absolute Gasteiger partial charge is 0.448 e. The SMILES string of the molecule is CCOC(=O)N(C)OCC.COS(=O)(=O)O. The molecule has 0 atom stereocenters. The standard InChI is InChI=1S/C6H13NO3.CH4O4S/c1-4-9-6(8)7(3)10-5-2;1-5-6(2,3)4/h4-5H2,1-3H3;1H3,(H,2,3,4). The maximum atomic E-state index is 10.7. The van der Waals surface area contributed by atoms with Gasteiger partial charge in [0.05, 0.1) is 20.3 Å². The summed E-state index contributed by atoms with van der Waals surface area (Å²) in [6.45, 7) is 4.39. The molecule has 1 amide bonds. The molecule has 0 radical (unpaired) electrons. The van der Waals surface area contributed by atoms with Crippen molar-refractivity contribution in [2.45, 2.75) is 13.8 Å². The first kappa shape index (κ1) is 17.5. The van der Waals surface area contributed by atoms with Crippen molar-refractivity contribution in [3.8, 4) is 0 Å². The normalized spacial score (nSPS) is 10.1. The summed E-state index contributed by atoms with van der Waals surface area (Å²) in [7, 11) is -1.78. The smallest absolute Gasteiger partial charge is 0.433 e. The van der Waals surface area contributed by atoms with Gasteiger partial charge in [-0.1, -0.05) is 0 Å². The Morgan fingerprint density at radius 3 is 2.00 bits per heavy atom. The molecule has 98 valence electrons. The van der Waals surface area contributed by atoms with Crippen LogP contribution >= 0.6 is 0 Å². The van der Waals surface area contributed by atoms with Gasteiger partial charge in [0, 0.05) is 7.05 Å². The zero-order valence-corrected chi connectivity index (χ0v) is 10.5. The number of carbonyl (C=O) groups excluding carboxylic acids is 1. The van der Waals surface area contributed by atoms with Crippen LogP contribution in [-0.4, -0.2) is 51.5 Å². The lowest BCUT2D eigenvalue weighted by Gasteiger charge is -2.13. The molecule has 0 rings (SSSR count). The van der Waals surface area contributed by atoms with Gasteiger partial charge in [-0.3, -0.25) is 13.6 Å². The van der Waals surface area contributed by atoms with Crippen LogP contribution in [0, 0.1) is 0 Å². The van der Waals surface area contributed by atoms with Gasteiger partial charge in [0.1, 0.15) is 0 Å². The average Bonchev–Trinajstić information content (AvgIpc) is 2.18. The van der Waals surface area contributed by atoms with Crippen molar-refractivity contribution in [2.75, 3.05) is 27.4 Å². The summed E-state index contributed by atoms with van der Waals surface area (Å²) in [4.78, 5) is 15.5. The maximum Gasteiger partial charge on any atom is 0.433 e. The van der Waals surface area contributed by atoms with Gasteiger partial charge in [0.15, 0.2) is 0 Å². The van der Waals surface area contributed by atoms with Crippen LogP contribution in [0.4, 0.5) is 4.79 Å². The highest BCUT2D eigenvalue weighted by molar-refractivity contribution is 7.80. The van der Waals surface area contributed by atoms with Crippen LogP contribution in [0.2, 0.25) is 0 Å². The minimum absolute atomic E-state index is 0.371. The Hall–Kier alpha value is -0.900. The number of hydroxylamine groups is 2. The summed E-state index contributed by atoms with van der Waals surface area (Å²) in [6, 6.07) is 0. The van der Waals surface area contributed by atoms with E-state index in [4.69, 9.17) is 9.39 Å². The highest BCUT2D eigenvalue weighted by Crippen LogP contribution is 1.89. The molecule has 0 spiro atoms. The molecule has 0 aromatic heterocycles. The molecule has 0 aliphatic heterocycles. The second-order valence-electron chi connectivity index (χ2n) is 2.21. The third-order valence-electron chi connectivity index (χ3n) is 1.06. The van der Waals surface area contributed by atoms with Crippen molar-refractivity contribution < 1.29 is 31.5 Å². The van der Waals surface area contributed by atoms with E-state index in [0.717, 1.165) is 12.2 Å². The minimum atomic E-state index is -4.16. The highest BCUT2D eigenvalue weighted by Gasteiger charge is 2.07. The van der Waals surface area contributed by atoms with Crippen molar-refractivity contribution in [1.82, 2.24) is 5.06 Å². The molecule has 0 aliphatic carbocycles. The first-order valence-corrected chi connectivity index (χ1v) is 5.71. The first-order chi connectivity index (χ1) is 7.28. The van der Waals surface area contributed by atoms with Crippen LogP contribution in [0.15, 0.2) is 0 Å². The predicted molar refractivity (Wildman–Crippen MR) is 55.0 cm³/mol. The lowest BCUT2D eigenvalue weighted by molar-refractivity contribution is -0.113. The Labute approximate surface area is 95.0 Å². The number of hydrogen-bond donors (Lipinski definition) is 1. The van der Waals surface area contributed by atoms with Gasteiger partial charge in [0.2, 0.25) is 0 Å². The van der Waals surface area contributed by atoms with E-state index in [-0.39, 0.29) is 0 Å². The van der Waals surface area contributed by atoms with E-state index in [0.29, 0.717) is 13.2 Å². The summed E-state index contributed by atoms with van der Waals surface area (Å²) in [6.07, 6.45) is -0.454. The third-order valence-corrected chi connectivity index (χ3v) is 1.48. The van der Waals surface area contributed by atoms with Crippen molar-refractivity contribution in [3.05, 3.63) is 0 Å². The Morgan fingerprint density at radius 2 is 1.75 bits per heavy atom. The van der Waals surface area contributed by atoms with Gasteiger partial charge >= 0.3 is 16.5 Å². The molecule has 0 aromatic carbocycles. The lowest BCUT2D eigenvalue weighted by Crippen LogP contribution is -2.27. The third kappa shape index (κ3) is 13.1. The average molecular weight is 259 g/mol. The zero-order valence-electron chi connectivity index (χ0n) is 9.67. The zero-order chi connectivity index (χ0) is 13.2. The van der Waals surface area contributed by atoms with Gasteiger partial charge in [-0.2, -0.15) is 13.5 Å². The molecule has 0 saturated carbocycles. The van der Waals surface area contributed by atoms with Crippen LogP contribution < -0.4 is 0 Å². The van der Waals surface area contributed by atoms with Gasteiger partial charge in [-0.15, -0.1) is 0 Å². The molecule has 0 unspecified atom stereocenters. The molecule has 8 nitrogen and oxygen atoms in total. The number of hydrogen-bond acceptors (Lipinski definition) is 6. The summed E-state index contributed by atoms with van der Waals surface area (Å²) in [5.74, 6) is 0. The van der Waals surface area contributed by atoms with Crippen LogP contribution in [0.25, 0.3) is 0 Å². The van der Waals surface area contributed by atoms with Crippen molar-refractivity contribution in [1.29, 1.82) is 0 Å². The Bertz CT molecular complexity index is 276. The predicted octanol–water partition coefficient (Wildman–Crippen LogP) is 0.462. The van der Waals surface area contributed by atoms with Crippen molar-refractivity contribution in [3.63, 3.8) is 0 Å². The molecule has 1 N–H and O–H groups in total. The van der Waals surface area contributed by atoms with E-state index in [2.05, 4.69) is 8.92 Å². The van der Waals surface area contributed by atoms with E-state index in [1.165, 1.54) is 7.05 Å². The van der Waals surface area contributed by atoms with Crippen molar-refractivity contribution >= 4 is 16.5 Å². The van der Waals surface area contributed by atoms with Crippen LogP contribution in [0.3, 0.4) is 0 Å². The molecule has 16 heavy (non-hydrogen) atoms. The minimum Gasteiger partial charge on any atom is -0.448 e. The molecule has 0 bridgehead atoms. The summed E-state index contributed by atoms with van der Waals surface area (Å²) < 4.78 is 34.3. The van der Waals surface area contributed by atoms with Gasteiger partial charge in [-0.05, 0) is 13.8 Å². The second-order valence-corrected chi connectivity index (χ2v) is 3.40.